The number of aryl methyl sites for hydroxylation is 4. The molecule has 2 aliphatic carbocycles. The number of anilines is 4. The molecule has 4 aliphatic rings. The van der Waals surface area contributed by atoms with Crippen molar-refractivity contribution in [2.45, 2.75) is 70.4 Å². The molecule has 0 bridgehead atoms. The van der Waals surface area contributed by atoms with Crippen LogP contribution >= 0.6 is 0 Å². The van der Waals surface area contributed by atoms with E-state index in [2.05, 4.69) is 70.0 Å². The Kier molecular flexibility index (Phi) is 7.01. The largest absolute Gasteiger partial charge is 0.494 e. The van der Waals surface area contributed by atoms with Gasteiger partial charge < -0.3 is 20.7 Å². The van der Waals surface area contributed by atoms with Crippen molar-refractivity contribution in [3.05, 3.63) is 70.5 Å². The number of nitrogens with one attached hydrogen (secondary N) is 3. The summed E-state index contributed by atoms with van der Waals surface area (Å²) in [7, 11) is 3.58. The first-order chi connectivity index (χ1) is 22.4. The normalized spacial score (nSPS) is 22.4. The van der Waals surface area contributed by atoms with Crippen molar-refractivity contribution in [3.63, 3.8) is 0 Å². The van der Waals surface area contributed by atoms with E-state index in [0.29, 0.717) is 23.2 Å². The molecule has 1 saturated carbocycles. The maximum absolute atomic E-state index is 13.8. The van der Waals surface area contributed by atoms with Crippen LogP contribution in [0, 0.1) is 5.92 Å². The van der Waals surface area contributed by atoms with Gasteiger partial charge in [0.1, 0.15) is 5.75 Å². The summed E-state index contributed by atoms with van der Waals surface area (Å²) in [6, 6.07) is 12.9. The summed E-state index contributed by atoms with van der Waals surface area (Å²) in [6.07, 6.45) is 8.70. The van der Waals surface area contributed by atoms with Gasteiger partial charge in [0.05, 0.1) is 30.2 Å². The van der Waals surface area contributed by atoms with E-state index in [1.807, 2.05) is 19.3 Å². The minimum Gasteiger partial charge on any atom is -0.494 e. The third kappa shape index (κ3) is 4.56. The van der Waals surface area contributed by atoms with Crippen LogP contribution in [0.15, 0.2) is 42.6 Å². The van der Waals surface area contributed by atoms with Crippen molar-refractivity contribution in [2.24, 2.45) is 13.0 Å². The molecule has 0 radical (unpaired) electrons. The maximum atomic E-state index is 13.8. The van der Waals surface area contributed by atoms with Crippen LogP contribution in [0.5, 0.6) is 5.75 Å². The van der Waals surface area contributed by atoms with Gasteiger partial charge in [-0.05, 0) is 86.2 Å². The zero-order chi connectivity index (χ0) is 31.6. The second kappa shape index (κ2) is 11.1. The number of nitrogens with zero attached hydrogens (tertiary/aromatic N) is 5. The number of amides is 1. The highest BCUT2D eigenvalue weighted by Crippen LogP contribution is 2.63. The van der Waals surface area contributed by atoms with E-state index in [1.54, 1.807) is 11.8 Å². The second-order valence-electron chi connectivity index (χ2n) is 13.2. The highest BCUT2D eigenvalue weighted by molar-refractivity contribution is 6.05. The molecule has 46 heavy (non-hydrogen) atoms. The minimum atomic E-state index is -0.180. The van der Waals surface area contributed by atoms with E-state index in [-0.39, 0.29) is 5.91 Å². The Labute approximate surface area is 270 Å². The van der Waals surface area contributed by atoms with E-state index >= 15 is 0 Å². The molecule has 2 aliphatic heterocycles. The molecular weight excluding hydrogens is 576 g/mol. The Hall–Kier alpha value is -4.44. The van der Waals surface area contributed by atoms with Crippen molar-refractivity contribution in [2.75, 3.05) is 36.1 Å². The number of hydrogen-bond donors (Lipinski definition) is 3. The maximum Gasteiger partial charge on any atom is 0.276 e. The number of aromatic nitrogens is 4. The van der Waals surface area contributed by atoms with Crippen molar-refractivity contribution < 1.29 is 9.53 Å². The van der Waals surface area contributed by atoms with Crippen LogP contribution in [0.3, 0.4) is 0 Å². The number of carbonyl (C=O) groups is 1. The number of rotatable bonds is 9. The number of fused-ring (bicyclic) bond motifs is 3. The van der Waals surface area contributed by atoms with E-state index in [1.165, 1.54) is 19.4 Å². The Morgan fingerprint density at radius 1 is 1.13 bits per heavy atom. The zero-order valence-corrected chi connectivity index (χ0v) is 27.1. The molecule has 238 valence electrons. The standard InChI is InChI=1S/C36H42N8O2/c1-5-21-9-7-10-22(6-2)30(21)40-34(45)32-26-12-8-11-23-19-37-35(41-31(23)33(26)43(3)42-32)39-27-14-13-25(17-28(27)46-4)38-29-20-44-16-15-24-18-36(24,29)44/h7,9-10,13-14,17,19,24,29,38H,5-6,8,11-12,15-16,18,20H2,1-4H3,(H,40,45)(H,37,39,41). The third-order valence-corrected chi connectivity index (χ3v) is 10.8. The van der Waals surface area contributed by atoms with Crippen LogP contribution in [0.25, 0.3) is 11.4 Å². The summed E-state index contributed by atoms with van der Waals surface area (Å²) in [6.45, 7) is 6.59. The molecule has 10 heteroatoms. The number of ether oxygens (including phenoxy) is 1. The Morgan fingerprint density at radius 3 is 2.70 bits per heavy atom. The summed E-state index contributed by atoms with van der Waals surface area (Å²) in [5.41, 5.74) is 9.55. The number of carbonyl (C=O) groups excluding carboxylic acids is 1. The van der Waals surface area contributed by atoms with E-state index in [0.717, 1.165) is 101 Å². The van der Waals surface area contributed by atoms with Gasteiger partial charge >= 0.3 is 0 Å². The molecule has 1 amide bonds. The first kappa shape index (κ1) is 29.0. The average Bonchev–Trinajstić information content (AvgIpc) is 3.71. The van der Waals surface area contributed by atoms with E-state index in [4.69, 9.17) is 14.8 Å². The van der Waals surface area contributed by atoms with Crippen LogP contribution in [0.4, 0.5) is 23.0 Å². The monoisotopic (exact) mass is 618 g/mol. The van der Waals surface area contributed by atoms with Gasteiger partial charge in [0, 0.05) is 48.3 Å². The fourth-order valence-corrected chi connectivity index (χ4v) is 8.32. The van der Waals surface area contributed by atoms with Gasteiger partial charge in [-0.3, -0.25) is 14.4 Å². The van der Waals surface area contributed by atoms with Crippen LogP contribution in [0.2, 0.25) is 0 Å². The summed E-state index contributed by atoms with van der Waals surface area (Å²) in [5.74, 6) is 1.89. The average molecular weight is 619 g/mol. The molecule has 3 atom stereocenters. The molecular formula is C36H42N8O2. The van der Waals surface area contributed by atoms with Crippen molar-refractivity contribution in [1.82, 2.24) is 24.6 Å². The lowest BCUT2D eigenvalue weighted by Gasteiger charge is -2.48. The number of methoxy groups -OCH3 is 1. The molecule has 3 N–H and O–H groups in total. The molecule has 2 saturated heterocycles. The van der Waals surface area contributed by atoms with Crippen molar-refractivity contribution in [3.8, 4) is 17.1 Å². The van der Waals surface area contributed by atoms with Gasteiger partial charge in [0.15, 0.2) is 5.69 Å². The molecule has 1 spiro atoms. The second-order valence-corrected chi connectivity index (χ2v) is 13.2. The van der Waals surface area contributed by atoms with Crippen LogP contribution in [-0.4, -0.2) is 62.3 Å². The fraction of sp³-hybridized carbons (Fsp3) is 0.444. The van der Waals surface area contributed by atoms with Gasteiger partial charge in [0.2, 0.25) is 5.95 Å². The summed E-state index contributed by atoms with van der Waals surface area (Å²) in [5, 5.41) is 15.1. The van der Waals surface area contributed by atoms with Crippen molar-refractivity contribution in [1.29, 1.82) is 0 Å². The molecule has 2 aromatic carbocycles. The van der Waals surface area contributed by atoms with E-state index < -0.39 is 0 Å². The van der Waals surface area contributed by atoms with Crippen LogP contribution in [-0.2, 0) is 32.7 Å². The van der Waals surface area contributed by atoms with Crippen LogP contribution < -0.4 is 20.7 Å². The number of piperidine rings is 1. The highest BCUT2D eigenvalue weighted by Gasteiger charge is 2.71. The predicted molar refractivity (Wildman–Crippen MR) is 180 cm³/mol. The van der Waals surface area contributed by atoms with Crippen molar-refractivity contribution >= 4 is 28.9 Å². The topological polar surface area (TPSA) is 109 Å². The zero-order valence-electron chi connectivity index (χ0n) is 27.1. The molecule has 8 rings (SSSR count). The Bertz CT molecular complexity index is 1830. The Balaban J connectivity index is 1.06. The predicted octanol–water partition coefficient (Wildman–Crippen LogP) is 5.75. The fourth-order valence-electron chi connectivity index (χ4n) is 8.32. The lowest BCUT2D eigenvalue weighted by molar-refractivity contribution is 0.0774. The molecule has 10 nitrogen and oxygen atoms in total. The number of para-hydroxylation sites is 1. The van der Waals surface area contributed by atoms with Crippen LogP contribution in [0.1, 0.15) is 65.9 Å². The molecule has 4 heterocycles. The lowest BCUT2D eigenvalue weighted by Crippen LogP contribution is -2.64. The summed E-state index contributed by atoms with van der Waals surface area (Å²) < 4.78 is 7.61. The third-order valence-electron chi connectivity index (χ3n) is 10.8. The quantitative estimate of drug-likeness (QED) is 0.218. The van der Waals surface area contributed by atoms with Gasteiger partial charge in [-0.25, -0.2) is 9.97 Å². The van der Waals surface area contributed by atoms with Gasteiger partial charge in [-0.15, -0.1) is 0 Å². The van der Waals surface area contributed by atoms with Gasteiger partial charge in [-0.1, -0.05) is 32.0 Å². The number of hydrogen-bond acceptors (Lipinski definition) is 8. The smallest absolute Gasteiger partial charge is 0.276 e. The molecule has 3 fully saturated rings. The minimum absolute atomic E-state index is 0.180. The highest BCUT2D eigenvalue weighted by atomic mass is 16.5. The van der Waals surface area contributed by atoms with Gasteiger partial charge in [-0.2, -0.15) is 5.10 Å². The van der Waals surface area contributed by atoms with Gasteiger partial charge in [0.25, 0.3) is 5.91 Å². The molecule has 4 aromatic rings. The summed E-state index contributed by atoms with van der Waals surface area (Å²) in [4.78, 5) is 26.1. The van der Waals surface area contributed by atoms with E-state index in [9.17, 15) is 4.79 Å². The number of benzene rings is 2. The molecule has 2 aromatic heterocycles. The lowest BCUT2D eigenvalue weighted by atomic mass is 9.93. The first-order valence-electron chi connectivity index (χ1n) is 16.7. The Morgan fingerprint density at radius 2 is 1.96 bits per heavy atom. The SMILES string of the molecule is CCc1cccc(CC)c1NC(=O)c1nn(C)c2c1CCCc1cnc(Nc3ccc(NC4CN5CCC6CC645)cc3OC)nc1-2. The summed E-state index contributed by atoms with van der Waals surface area (Å²) >= 11 is 0. The first-order valence-corrected chi connectivity index (χ1v) is 16.7. The molecule has 3 unspecified atom stereocenters.